The van der Waals surface area contributed by atoms with Crippen molar-refractivity contribution in [3.8, 4) is 11.5 Å². The van der Waals surface area contributed by atoms with Gasteiger partial charge in [0.15, 0.2) is 11.5 Å². The lowest BCUT2D eigenvalue weighted by Crippen LogP contribution is -2.53. The van der Waals surface area contributed by atoms with Gasteiger partial charge in [0.05, 0.1) is 41.2 Å². The van der Waals surface area contributed by atoms with Gasteiger partial charge >= 0.3 is 0 Å². The molecule has 0 aromatic heterocycles. The highest BCUT2D eigenvalue weighted by atomic mass is 127. The summed E-state index contributed by atoms with van der Waals surface area (Å²) in [4.78, 5) is 61.2. The van der Waals surface area contributed by atoms with Crippen molar-refractivity contribution in [3.63, 3.8) is 0 Å². The smallest absolute Gasteiger partial charge is 0.246 e. The van der Waals surface area contributed by atoms with E-state index in [1.807, 2.05) is 55.5 Å². The zero-order valence-electron chi connectivity index (χ0n) is 27.0. The zero-order chi connectivity index (χ0) is 34.9. The number of anilines is 2. The molecule has 0 spiro atoms. The number of rotatable bonds is 6. The van der Waals surface area contributed by atoms with E-state index in [-0.39, 0.29) is 36.2 Å². The molecule has 2 heterocycles. The van der Waals surface area contributed by atoms with E-state index < -0.39 is 46.8 Å². The Kier molecular flexibility index (Phi) is 8.10. The molecule has 2 saturated heterocycles. The Balaban J connectivity index is 1.37. The van der Waals surface area contributed by atoms with Crippen LogP contribution in [0.25, 0.3) is 0 Å². The molecule has 6 atom stereocenters. The fourth-order valence-electron chi connectivity index (χ4n) is 8.98. The van der Waals surface area contributed by atoms with Crippen LogP contribution in [0.4, 0.5) is 11.4 Å². The normalized spacial score (nSPS) is 27.2. The van der Waals surface area contributed by atoms with Crippen molar-refractivity contribution in [1.29, 1.82) is 0 Å². The first kappa shape index (κ1) is 32.7. The van der Waals surface area contributed by atoms with Gasteiger partial charge in [-0.3, -0.25) is 24.1 Å². The van der Waals surface area contributed by atoms with Crippen LogP contribution in [0.3, 0.4) is 0 Å². The predicted octanol–water partition coefficient (Wildman–Crippen LogP) is 7.42. The number of phenolic OH excluding ortho intramolecular Hbond substituents is 1. The lowest BCUT2D eigenvalue weighted by Gasteiger charge is -2.50. The van der Waals surface area contributed by atoms with Crippen LogP contribution in [0, 0.1) is 27.2 Å². The quantitative estimate of drug-likeness (QED) is 0.124. The summed E-state index contributed by atoms with van der Waals surface area (Å²) >= 11 is 8.58. The third-order valence-corrected chi connectivity index (χ3v) is 11.8. The molecule has 1 saturated carbocycles. The molecule has 0 bridgehead atoms. The Morgan fingerprint density at radius 1 is 0.840 bits per heavy atom. The fourth-order valence-corrected chi connectivity index (χ4v) is 9.52. The van der Waals surface area contributed by atoms with Gasteiger partial charge in [-0.15, -0.1) is 0 Å². The molecule has 50 heavy (non-hydrogen) atoms. The van der Waals surface area contributed by atoms with E-state index in [1.54, 1.807) is 54.6 Å². The van der Waals surface area contributed by atoms with Gasteiger partial charge in [0.25, 0.3) is 0 Å². The lowest BCUT2D eigenvalue weighted by molar-refractivity contribution is -0.127. The maximum absolute atomic E-state index is 15.4. The van der Waals surface area contributed by atoms with Gasteiger partial charge in [-0.1, -0.05) is 71.8 Å². The topological polar surface area (TPSA) is 104 Å². The minimum Gasteiger partial charge on any atom is -0.504 e. The van der Waals surface area contributed by atoms with Gasteiger partial charge in [0.2, 0.25) is 23.6 Å². The summed E-state index contributed by atoms with van der Waals surface area (Å²) in [6.07, 6.45) is 2.41. The minimum atomic E-state index is -1.50. The second-order valence-corrected chi connectivity index (χ2v) is 14.9. The third kappa shape index (κ3) is 4.69. The Hall–Kier alpha value is -4.48. The molecule has 252 valence electrons. The summed E-state index contributed by atoms with van der Waals surface area (Å²) in [5.74, 6) is -5.08. The van der Waals surface area contributed by atoms with E-state index >= 15 is 4.79 Å². The third-order valence-electron chi connectivity index (χ3n) is 10.9. The van der Waals surface area contributed by atoms with Crippen LogP contribution in [0.2, 0.25) is 5.02 Å². The number of phenols is 1. The first-order chi connectivity index (χ1) is 24.2. The minimum absolute atomic E-state index is 0.132. The van der Waals surface area contributed by atoms with Crippen molar-refractivity contribution in [2.45, 2.75) is 31.1 Å². The lowest BCUT2D eigenvalue weighted by atomic mass is 9.49. The number of carbonyl (C=O) groups is 4. The van der Waals surface area contributed by atoms with Crippen LogP contribution in [0.15, 0.2) is 109 Å². The highest BCUT2D eigenvalue weighted by Gasteiger charge is 2.70. The molecule has 8 nitrogen and oxygen atoms in total. The number of para-hydroxylation sites is 1. The van der Waals surface area contributed by atoms with Crippen molar-refractivity contribution < 1.29 is 29.0 Å². The number of hydrogen-bond donors (Lipinski definition) is 1. The Morgan fingerprint density at radius 3 is 2.30 bits per heavy atom. The summed E-state index contributed by atoms with van der Waals surface area (Å²) in [7, 11) is 0. The van der Waals surface area contributed by atoms with Gasteiger partial charge < -0.3 is 9.84 Å². The van der Waals surface area contributed by atoms with E-state index in [9.17, 15) is 19.5 Å². The van der Waals surface area contributed by atoms with Gasteiger partial charge in [-0.05, 0) is 102 Å². The summed E-state index contributed by atoms with van der Waals surface area (Å²) in [5.41, 5.74) is 1.14. The Labute approximate surface area is 307 Å². The maximum Gasteiger partial charge on any atom is 0.246 e. The molecule has 2 aliphatic carbocycles. The van der Waals surface area contributed by atoms with Crippen molar-refractivity contribution >= 4 is 69.2 Å². The molecule has 4 aromatic rings. The molecule has 0 radical (unpaired) electrons. The summed E-state index contributed by atoms with van der Waals surface area (Å²) in [5, 5.41) is 12.3. The molecule has 1 N–H and O–H groups in total. The zero-order valence-corrected chi connectivity index (χ0v) is 29.9. The van der Waals surface area contributed by atoms with Crippen molar-refractivity contribution in [3.05, 3.63) is 128 Å². The number of allylic oxidation sites excluding steroid dienone is 2. The molecular formula is C40H32ClIN2O6. The van der Waals surface area contributed by atoms with Gasteiger partial charge in [-0.2, -0.15) is 0 Å². The summed E-state index contributed by atoms with van der Waals surface area (Å²) < 4.78 is 6.80. The van der Waals surface area contributed by atoms with Crippen LogP contribution >= 0.6 is 34.2 Å². The first-order valence-electron chi connectivity index (χ1n) is 16.7. The molecule has 2 aliphatic heterocycles. The van der Waals surface area contributed by atoms with Crippen LogP contribution in [-0.4, -0.2) is 35.3 Å². The number of amides is 4. The molecule has 6 unspecified atom stereocenters. The van der Waals surface area contributed by atoms with E-state index in [1.165, 1.54) is 9.80 Å². The standard InChI is InChI=1S/C40H32ClIN2O6/c1-2-50-32-13-7-12-29(35(32)45)34-27-18-19-28-33(38(48)43(36(28)46)25-16-14-24(42)15-17-25)30(27)21-31-37(47)44(26-11-6-10-23(41)20-26)39(49)40(31,34)22-8-4-3-5-9-22/h3-18,20,28,30-31,33-34,45H,2,19,21H2,1H3. The van der Waals surface area contributed by atoms with Crippen molar-refractivity contribution in [2.75, 3.05) is 16.4 Å². The van der Waals surface area contributed by atoms with Crippen LogP contribution in [0.5, 0.6) is 11.5 Å². The number of hydrogen-bond acceptors (Lipinski definition) is 6. The van der Waals surface area contributed by atoms with Gasteiger partial charge in [0, 0.05) is 20.1 Å². The van der Waals surface area contributed by atoms with E-state index in [4.69, 9.17) is 16.3 Å². The van der Waals surface area contributed by atoms with Crippen molar-refractivity contribution in [1.82, 2.24) is 0 Å². The maximum atomic E-state index is 15.4. The molecule has 10 heteroatoms. The van der Waals surface area contributed by atoms with Crippen LogP contribution in [0.1, 0.15) is 36.8 Å². The average molecular weight is 799 g/mol. The number of halogens is 2. The second kappa shape index (κ2) is 12.4. The second-order valence-electron chi connectivity index (χ2n) is 13.2. The predicted molar refractivity (Wildman–Crippen MR) is 197 cm³/mol. The van der Waals surface area contributed by atoms with Crippen LogP contribution < -0.4 is 14.5 Å². The van der Waals surface area contributed by atoms with E-state index in [2.05, 4.69) is 22.6 Å². The fraction of sp³-hybridized carbons (Fsp3) is 0.250. The Bertz CT molecular complexity index is 2100. The molecule has 4 aromatic carbocycles. The number of ether oxygens (including phenoxy) is 1. The first-order valence-corrected chi connectivity index (χ1v) is 18.1. The SMILES string of the molecule is CCOc1cccc(C2C3=CCC4C(=O)N(c5ccc(I)cc5)C(=O)C4C3CC3C(=O)N(c4cccc(Cl)c4)C(=O)C32c2ccccc2)c1O. The molecule has 3 fully saturated rings. The largest absolute Gasteiger partial charge is 0.504 e. The molecule has 8 rings (SSSR count). The van der Waals surface area contributed by atoms with E-state index in [0.29, 0.717) is 34.1 Å². The highest BCUT2D eigenvalue weighted by molar-refractivity contribution is 14.1. The van der Waals surface area contributed by atoms with Gasteiger partial charge in [-0.25, -0.2) is 4.90 Å². The Morgan fingerprint density at radius 2 is 1.58 bits per heavy atom. The van der Waals surface area contributed by atoms with Crippen LogP contribution in [-0.2, 0) is 24.6 Å². The number of aromatic hydroxyl groups is 1. The highest BCUT2D eigenvalue weighted by Crippen LogP contribution is 2.65. The van der Waals surface area contributed by atoms with Crippen molar-refractivity contribution in [2.24, 2.45) is 23.7 Å². The summed E-state index contributed by atoms with van der Waals surface area (Å²) in [6.45, 7) is 2.12. The molecule has 4 aliphatic rings. The monoisotopic (exact) mass is 798 g/mol. The number of benzene rings is 4. The number of fused-ring (bicyclic) bond motifs is 4. The molecule has 4 amide bonds. The number of imide groups is 2. The number of carbonyl (C=O) groups excluding carboxylic acids is 4. The average Bonchev–Trinajstić information content (AvgIpc) is 3.51. The van der Waals surface area contributed by atoms with Gasteiger partial charge in [0.1, 0.15) is 0 Å². The van der Waals surface area contributed by atoms with E-state index in [0.717, 1.165) is 9.14 Å². The molecular weight excluding hydrogens is 767 g/mol. The summed E-state index contributed by atoms with van der Waals surface area (Å²) in [6, 6.07) is 28.3. The number of nitrogens with zero attached hydrogens (tertiary/aromatic N) is 2.